The molecule has 1 N–H and O–H groups in total. The van der Waals surface area contributed by atoms with E-state index in [9.17, 15) is 4.39 Å². The average molecular weight is 274 g/mol. The van der Waals surface area contributed by atoms with E-state index in [2.05, 4.69) is 17.2 Å². The maximum absolute atomic E-state index is 13.5. The van der Waals surface area contributed by atoms with Crippen molar-refractivity contribution in [2.45, 2.75) is 26.5 Å². The van der Waals surface area contributed by atoms with Gasteiger partial charge in [0.2, 0.25) is 0 Å². The monoisotopic (exact) mass is 274 g/mol. The molecule has 1 heterocycles. The summed E-state index contributed by atoms with van der Waals surface area (Å²) in [7, 11) is 0. The Bertz CT molecular complexity index is 531. The predicted octanol–water partition coefficient (Wildman–Crippen LogP) is 3.30. The van der Waals surface area contributed by atoms with E-state index in [-0.39, 0.29) is 5.82 Å². The number of hydrogen-bond donors (Lipinski definition) is 1. The molecule has 0 fully saturated rings. The Morgan fingerprint density at radius 1 is 1.15 bits per heavy atom. The smallest absolute Gasteiger partial charge is 0.127 e. The fourth-order valence-corrected chi connectivity index (χ4v) is 1.86. The molecule has 106 valence electrons. The summed E-state index contributed by atoms with van der Waals surface area (Å²) in [5.41, 5.74) is 1.90. The van der Waals surface area contributed by atoms with Crippen LogP contribution in [0, 0.1) is 5.82 Å². The van der Waals surface area contributed by atoms with Gasteiger partial charge in [-0.25, -0.2) is 4.39 Å². The number of pyridine rings is 1. The van der Waals surface area contributed by atoms with E-state index >= 15 is 0 Å². The van der Waals surface area contributed by atoms with Crippen LogP contribution in [0.2, 0.25) is 0 Å². The van der Waals surface area contributed by atoms with E-state index in [1.807, 2.05) is 18.2 Å². The quantitative estimate of drug-likeness (QED) is 0.787. The summed E-state index contributed by atoms with van der Waals surface area (Å²) < 4.78 is 19.2. The van der Waals surface area contributed by atoms with Crippen molar-refractivity contribution in [3.05, 3.63) is 59.7 Å². The Balaban J connectivity index is 1.97. The number of benzene rings is 1. The van der Waals surface area contributed by atoms with Crippen molar-refractivity contribution >= 4 is 0 Å². The Kier molecular flexibility index (Phi) is 5.50. The van der Waals surface area contributed by atoms with Gasteiger partial charge >= 0.3 is 0 Å². The van der Waals surface area contributed by atoms with Crippen LogP contribution in [0.3, 0.4) is 0 Å². The summed E-state index contributed by atoms with van der Waals surface area (Å²) >= 11 is 0. The van der Waals surface area contributed by atoms with E-state index < -0.39 is 0 Å². The first-order chi connectivity index (χ1) is 9.78. The average Bonchev–Trinajstić information content (AvgIpc) is 2.46. The second kappa shape index (κ2) is 7.60. The zero-order valence-corrected chi connectivity index (χ0v) is 11.6. The first kappa shape index (κ1) is 14.5. The van der Waals surface area contributed by atoms with Crippen molar-refractivity contribution in [1.82, 2.24) is 10.3 Å². The first-order valence-corrected chi connectivity index (χ1v) is 6.80. The van der Waals surface area contributed by atoms with Gasteiger partial charge in [-0.15, -0.1) is 0 Å². The van der Waals surface area contributed by atoms with Crippen LogP contribution in [0.25, 0.3) is 0 Å². The van der Waals surface area contributed by atoms with Crippen LogP contribution in [0.5, 0.6) is 5.75 Å². The molecule has 2 aromatic rings. The number of hydrogen-bond acceptors (Lipinski definition) is 3. The minimum Gasteiger partial charge on any atom is -0.489 e. The predicted molar refractivity (Wildman–Crippen MR) is 77.0 cm³/mol. The standard InChI is InChI=1S/C16H19FN2O/c1-2-5-19-11-14-8-15(17)10-16(9-14)20-12-13-3-6-18-7-4-13/h3-4,6-10,19H,2,5,11-12H2,1H3. The van der Waals surface area contributed by atoms with Gasteiger partial charge < -0.3 is 10.1 Å². The minimum atomic E-state index is -0.273. The first-order valence-electron chi connectivity index (χ1n) is 6.80. The third kappa shape index (κ3) is 4.63. The van der Waals surface area contributed by atoms with E-state index in [1.54, 1.807) is 12.4 Å². The van der Waals surface area contributed by atoms with E-state index in [1.165, 1.54) is 12.1 Å². The van der Waals surface area contributed by atoms with Crippen LogP contribution in [0.15, 0.2) is 42.7 Å². The molecular formula is C16H19FN2O. The molecule has 0 aliphatic rings. The minimum absolute atomic E-state index is 0.273. The highest BCUT2D eigenvalue weighted by atomic mass is 19.1. The highest BCUT2D eigenvalue weighted by molar-refractivity contribution is 5.30. The number of nitrogens with one attached hydrogen (secondary N) is 1. The summed E-state index contributed by atoms with van der Waals surface area (Å²) in [6, 6.07) is 8.56. The lowest BCUT2D eigenvalue weighted by Crippen LogP contribution is -2.14. The number of aromatic nitrogens is 1. The normalized spacial score (nSPS) is 10.5. The molecule has 4 heteroatoms. The van der Waals surface area contributed by atoms with Crippen LogP contribution < -0.4 is 10.1 Å². The molecule has 0 aliphatic heterocycles. The largest absolute Gasteiger partial charge is 0.489 e. The van der Waals surface area contributed by atoms with Crippen LogP contribution in [0.4, 0.5) is 4.39 Å². The van der Waals surface area contributed by atoms with E-state index in [0.29, 0.717) is 18.9 Å². The van der Waals surface area contributed by atoms with Gasteiger partial charge in [-0.05, 0) is 48.4 Å². The highest BCUT2D eigenvalue weighted by Crippen LogP contribution is 2.17. The molecule has 0 saturated heterocycles. The summed E-state index contributed by atoms with van der Waals surface area (Å²) in [6.45, 7) is 4.08. The Morgan fingerprint density at radius 2 is 1.95 bits per heavy atom. The van der Waals surface area contributed by atoms with E-state index in [4.69, 9.17) is 4.74 Å². The number of nitrogens with zero attached hydrogens (tertiary/aromatic N) is 1. The third-order valence-electron chi connectivity index (χ3n) is 2.84. The molecule has 0 saturated carbocycles. The topological polar surface area (TPSA) is 34.1 Å². The van der Waals surface area contributed by atoms with Gasteiger partial charge in [-0.1, -0.05) is 6.92 Å². The number of ether oxygens (including phenoxy) is 1. The van der Waals surface area contributed by atoms with Gasteiger partial charge in [0.25, 0.3) is 0 Å². The van der Waals surface area contributed by atoms with Crippen LogP contribution in [-0.4, -0.2) is 11.5 Å². The lowest BCUT2D eigenvalue weighted by Gasteiger charge is -2.09. The van der Waals surface area contributed by atoms with Crippen LogP contribution >= 0.6 is 0 Å². The zero-order chi connectivity index (χ0) is 14.2. The van der Waals surface area contributed by atoms with Crippen molar-refractivity contribution in [1.29, 1.82) is 0 Å². The van der Waals surface area contributed by atoms with Crippen molar-refractivity contribution in [3.63, 3.8) is 0 Å². The van der Waals surface area contributed by atoms with Crippen molar-refractivity contribution in [2.24, 2.45) is 0 Å². The molecule has 20 heavy (non-hydrogen) atoms. The molecule has 0 radical (unpaired) electrons. The molecule has 1 aromatic carbocycles. The second-order valence-electron chi connectivity index (χ2n) is 4.62. The van der Waals surface area contributed by atoms with Gasteiger partial charge in [0.1, 0.15) is 18.2 Å². The molecule has 1 aromatic heterocycles. The molecule has 0 aliphatic carbocycles. The second-order valence-corrected chi connectivity index (χ2v) is 4.62. The molecule has 0 spiro atoms. The van der Waals surface area contributed by atoms with Crippen LogP contribution in [0.1, 0.15) is 24.5 Å². The van der Waals surface area contributed by atoms with Crippen molar-refractivity contribution in [3.8, 4) is 5.75 Å². The number of rotatable bonds is 7. The van der Waals surface area contributed by atoms with Gasteiger partial charge in [0, 0.05) is 25.0 Å². The molecular weight excluding hydrogens is 255 g/mol. The maximum Gasteiger partial charge on any atom is 0.127 e. The molecule has 2 rings (SSSR count). The lowest BCUT2D eigenvalue weighted by atomic mass is 10.2. The third-order valence-corrected chi connectivity index (χ3v) is 2.84. The van der Waals surface area contributed by atoms with Crippen molar-refractivity contribution in [2.75, 3.05) is 6.54 Å². The Labute approximate surface area is 118 Å². The summed E-state index contributed by atoms with van der Waals surface area (Å²) in [6.07, 6.45) is 4.48. The maximum atomic E-state index is 13.5. The van der Waals surface area contributed by atoms with Gasteiger partial charge in [-0.2, -0.15) is 0 Å². The molecule has 0 atom stereocenters. The zero-order valence-electron chi connectivity index (χ0n) is 11.6. The fraction of sp³-hybridized carbons (Fsp3) is 0.312. The molecule has 3 nitrogen and oxygen atoms in total. The summed E-state index contributed by atoms with van der Waals surface area (Å²) in [4.78, 5) is 3.95. The van der Waals surface area contributed by atoms with Gasteiger partial charge in [0.05, 0.1) is 0 Å². The molecule has 0 unspecified atom stereocenters. The summed E-state index contributed by atoms with van der Waals surface area (Å²) in [5.74, 6) is 0.278. The number of halogens is 1. The Morgan fingerprint density at radius 3 is 2.70 bits per heavy atom. The summed E-state index contributed by atoms with van der Waals surface area (Å²) in [5, 5.41) is 3.25. The van der Waals surface area contributed by atoms with Gasteiger partial charge in [0.15, 0.2) is 0 Å². The van der Waals surface area contributed by atoms with E-state index in [0.717, 1.165) is 24.1 Å². The van der Waals surface area contributed by atoms with Crippen LogP contribution in [-0.2, 0) is 13.2 Å². The SMILES string of the molecule is CCCNCc1cc(F)cc(OCc2ccncc2)c1. The Hall–Kier alpha value is -1.94. The fourth-order valence-electron chi connectivity index (χ4n) is 1.86. The van der Waals surface area contributed by atoms with Gasteiger partial charge in [-0.3, -0.25) is 4.98 Å². The highest BCUT2D eigenvalue weighted by Gasteiger charge is 2.02. The van der Waals surface area contributed by atoms with Crippen molar-refractivity contribution < 1.29 is 9.13 Å². The lowest BCUT2D eigenvalue weighted by molar-refractivity contribution is 0.304. The molecule has 0 amide bonds. The molecule has 0 bridgehead atoms.